The Morgan fingerprint density at radius 1 is 1.23 bits per heavy atom. The van der Waals surface area contributed by atoms with E-state index in [1.54, 1.807) is 6.20 Å². The van der Waals surface area contributed by atoms with Crippen molar-refractivity contribution in [2.75, 3.05) is 26.2 Å². The Hall–Kier alpha value is -1.60. The highest BCUT2D eigenvalue weighted by molar-refractivity contribution is 6.30. The SMILES string of the molecule is CC1(C)Oc2cc(Cl)ccc2[C@H]2OCC3(CCN(CCn4ccnc4CO)CC3)C[C@@H]21. The van der Waals surface area contributed by atoms with Crippen LogP contribution < -0.4 is 4.74 Å². The third-order valence-electron chi connectivity index (χ3n) is 7.65. The number of halogens is 1. The van der Waals surface area contributed by atoms with E-state index >= 15 is 0 Å². The molecule has 1 spiro atoms. The number of aliphatic hydroxyl groups excluding tert-OH is 1. The molecule has 7 heteroatoms. The Labute approximate surface area is 189 Å². The Kier molecular flexibility index (Phi) is 5.53. The average Bonchev–Trinajstić information content (AvgIpc) is 3.21. The van der Waals surface area contributed by atoms with Crippen molar-refractivity contribution in [3.8, 4) is 5.75 Å². The molecule has 0 bridgehead atoms. The topological polar surface area (TPSA) is 59.8 Å². The number of piperidine rings is 1. The molecule has 1 aromatic carbocycles. The molecule has 1 aromatic heterocycles. The van der Waals surface area contributed by atoms with Crippen LogP contribution in [0.15, 0.2) is 30.6 Å². The minimum absolute atomic E-state index is 0.0107. The van der Waals surface area contributed by atoms with E-state index in [0.29, 0.717) is 10.9 Å². The van der Waals surface area contributed by atoms with Gasteiger partial charge >= 0.3 is 0 Å². The summed E-state index contributed by atoms with van der Waals surface area (Å²) in [5.41, 5.74) is 1.09. The zero-order valence-electron chi connectivity index (χ0n) is 18.4. The Bertz CT molecular complexity index is 936. The van der Waals surface area contributed by atoms with Gasteiger partial charge in [0.1, 0.15) is 23.8 Å². The molecule has 3 aliphatic rings. The monoisotopic (exact) mass is 445 g/mol. The minimum Gasteiger partial charge on any atom is -0.487 e. The van der Waals surface area contributed by atoms with Crippen molar-refractivity contribution in [2.24, 2.45) is 11.3 Å². The van der Waals surface area contributed by atoms with E-state index in [0.717, 1.165) is 69.2 Å². The number of imidazole rings is 1. The molecule has 2 fully saturated rings. The molecule has 168 valence electrons. The van der Waals surface area contributed by atoms with Crippen molar-refractivity contribution in [1.82, 2.24) is 14.5 Å². The normalized spacial score (nSPS) is 26.8. The quantitative estimate of drug-likeness (QED) is 0.769. The third-order valence-corrected chi connectivity index (χ3v) is 7.89. The van der Waals surface area contributed by atoms with Crippen LogP contribution in [0.2, 0.25) is 5.02 Å². The number of aromatic nitrogens is 2. The van der Waals surface area contributed by atoms with Crippen molar-refractivity contribution in [3.63, 3.8) is 0 Å². The number of likely N-dealkylation sites (tertiary alicyclic amines) is 1. The maximum atomic E-state index is 9.39. The molecular weight excluding hydrogens is 414 g/mol. The standard InChI is InChI=1S/C24H32ClN3O3/c1-23(2)19-14-24(16-30-22(19)18-4-3-17(25)13-20(18)31-23)5-8-27(9-6-24)11-12-28-10-7-26-21(28)15-29/h3-4,7,10,13,19,22,29H,5-6,8-9,11-12,14-16H2,1-2H3/t19-,22+/m0/s1. The molecule has 5 rings (SSSR count). The lowest BCUT2D eigenvalue weighted by molar-refractivity contribution is -0.174. The molecular formula is C24H32ClN3O3. The molecule has 3 aliphatic heterocycles. The molecule has 2 aromatic rings. The van der Waals surface area contributed by atoms with Gasteiger partial charge in [0.2, 0.25) is 0 Å². The van der Waals surface area contributed by atoms with Crippen molar-refractivity contribution in [3.05, 3.63) is 47.0 Å². The lowest BCUT2D eigenvalue weighted by Gasteiger charge is -2.54. The fraction of sp³-hybridized carbons (Fsp3) is 0.625. The number of ether oxygens (including phenoxy) is 2. The molecule has 4 heterocycles. The number of benzene rings is 1. The van der Waals surface area contributed by atoms with Gasteiger partial charge in [-0.15, -0.1) is 0 Å². The zero-order valence-corrected chi connectivity index (χ0v) is 19.1. The van der Waals surface area contributed by atoms with Crippen molar-refractivity contribution in [1.29, 1.82) is 0 Å². The predicted molar refractivity (Wildman–Crippen MR) is 119 cm³/mol. The number of hydrogen-bond donors (Lipinski definition) is 1. The highest BCUT2D eigenvalue weighted by atomic mass is 35.5. The van der Waals surface area contributed by atoms with E-state index in [-0.39, 0.29) is 23.7 Å². The van der Waals surface area contributed by atoms with E-state index in [2.05, 4.69) is 29.8 Å². The first-order chi connectivity index (χ1) is 14.9. The molecule has 6 nitrogen and oxygen atoms in total. The summed E-state index contributed by atoms with van der Waals surface area (Å²) in [7, 11) is 0. The summed E-state index contributed by atoms with van der Waals surface area (Å²) >= 11 is 6.21. The van der Waals surface area contributed by atoms with E-state index in [1.807, 2.05) is 22.9 Å². The first-order valence-electron chi connectivity index (χ1n) is 11.3. The molecule has 0 amide bonds. The largest absolute Gasteiger partial charge is 0.487 e. The average molecular weight is 446 g/mol. The highest BCUT2D eigenvalue weighted by Gasteiger charge is 2.52. The number of nitrogens with zero attached hydrogens (tertiary/aromatic N) is 3. The van der Waals surface area contributed by atoms with Crippen molar-refractivity contribution < 1.29 is 14.6 Å². The summed E-state index contributed by atoms with van der Waals surface area (Å²) in [6, 6.07) is 5.93. The Morgan fingerprint density at radius 3 is 2.81 bits per heavy atom. The summed E-state index contributed by atoms with van der Waals surface area (Å²) in [5, 5.41) is 10.1. The second-order valence-corrected chi connectivity index (χ2v) is 10.4. The van der Waals surface area contributed by atoms with E-state index in [1.165, 1.54) is 0 Å². The van der Waals surface area contributed by atoms with Gasteiger partial charge in [-0.05, 0) is 63.7 Å². The second-order valence-electron chi connectivity index (χ2n) is 9.97. The van der Waals surface area contributed by atoms with Gasteiger partial charge < -0.3 is 24.0 Å². The molecule has 0 radical (unpaired) electrons. The fourth-order valence-electron chi connectivity index (χ4n) is 5.67. The van der Waals surface area contributed by atoms with Crippen molar-refractivity contribution >= 4 is 11.6 Å². The molecule has 2 atom stereocenters. The van der Waals surface area contributed by atoms with Crippen LogP contribution in [0.1, 0.15) is 50.6 Å². The summed E-state index contributed by atoms with van der Waals surface area (Å²) in [6.07, 6.45) is 7.22. The molecule has 31 heavy (non-hydrogen) atoms. The Balaban J connectivity index is 1.24. The van der Waals surface area contributed by atoms with E-state index in [4.69, 9.17) is 21.1 Å². The minimum atomic E-state index is -0.283. The summed E-state index contributed by atoms with van der Waals surface area (Å²) in [5.74, 6) is 1.94. The molecule has 1 N–H and O–H groups in total. The van der Waals surface area contributed by atoms with Crippen LogP contribution in [0.3, 0.4) is 0 Å². The first kappa shape index (κ1) is 21.3. The van der Waals surface area contributed by atoms with Crippen LogP contribution in [0.25, 0.3) is 0 Å². The highest BCUT2D eigenvalue weighted by Crippen LogP contribution is 2.55. The van der Waals surface area contributed by atoms with Crippen LogP contribution in [-0.4, -0.2) is 51.4 Å². The van der Waals surface area contributed by atoms with Crippen molar-refractivity contribution in [2.45, 2.75) is 58.0 Å². The van der Waals surface area contributed by atoms with Gasteiger partial charge in [0, 0.05) is 42.0 Å². The van der Waals surface area contributed by atoms with Gasteiger partial charge in [0.15, 0.2) is 0 Å². The van der Waals surface area contributed by atoms with Crippen LogP contribution in [0.4, 0.5) is 0 Å². The number of hydrogen-bond acceptors (Lipinski definition) is 5. The lowest BCUT2D eigenvalue weighted by Crippen LogP contribution is -2.54. The smallest absolute Gasteiger partial charge is 0.134 e. The van der Waals surface area contributed by atoms with Gasteiger partial charge in [0.25, 0.3) is 0 Å². The second kappa shape index (κ2) is 8.07. The van der Waals surface area contributed by atoms with Crippen LogP contribution in [0.5, 0.6) is 5.75 Å². The van der Waals surface area contributed by atoms with Gasteiger partial charge in [-0.25, -0.2) is 4.98 Å². The molecule has 0 saturated carbocycles. The number of aliphatic hydroxyl groups is 1. The fourth-order valence-corrected chi connectivity index (χ4v) is 5.83. The van der Waals surface area contributed by atoms with Gasteiger partial charge in [0.05, 0.1) is 12.7 Å². The van der Waals surface area contributed by atoms with E-state index in [9.17, 15) is 5.11 Å². The Morgan fingerprint density at radius 2 is 2.03 bits per heavy atom. The van der Waals surface area contributed by atoms with E-state index < -0.39 is 0 Å². The molecule has 2 saturated heterocycles. The maximum absolute atomic E-state index is 9.39. The van der Waals surface area contributed by atoms with Crippen LogP contribution >= 0.6 is 11.6 Å². The summed E-state index contributed by atoms with van der Waals surface area (Å²) in [6.45, 7) is 9.19. The summed E-state index contributed by atoms with van der Waals surface area (Å²) < 4.78 is 15.0. The maximum Gasteiger partial charge on any atom is 0.134 e. The zero-order chi connectivity index (χ0) is 21.6. The van der Waals surface area contributed by atoms with Gasteiger partial charge in [-0.3, -0.25) is 0 Å². The molecule has 0 unspecified atom stereocenters. The van der Waals surface area contributed by atoms with Crippen LogP contribution in [0, 0.1) is 11.3 Å². The number of fused-ring (bicyclic) bond motifs is 3. The first-order valence-corrected chi connectivity index (χ1v) is 11.7. The van der Waals surface area contributed by atoms with Crippen LogP contribution in [-0.2, 0) is 17.9 Å². The van der Waals surface area contributed by atoms with Gasteiger partial charge in [-0.1, -0.05) is 17.7 Å². The summed E-state index contributed by atoms with van der Waals surface area (Å²) in [4.78, 5) is 6.72. The lowest BCUT2D eigenvalue weighted by atomic mass is 9.64. The van der Waals surface area contributed by atoms with Gasteiger partial charge in [-0.2, -0.15) is 0 Å². The predicted octanol–water partition coefficient (Wildman–Crippen LogP) is 4.06. The number of rotatable bonds is 4. The molecule has 0 aliphatic carbocycles. The third kappa shape index (κ3) is 3.99.